The van der Waals surface area contributed by atoms with Gasteiger partial charge in [0.15, 0.2) is 11.5 Å². The molecule has 2 aromatic carbocycles. The van der Waals surface area contributed by atoms with Crippen molar-refractivity contribution in [1.82, 2.24) is 5.32 Å². The average molecular weight is 354 g/mol. The molecule has 0 radical (unpaired) electrons. The summed E-state index contributed by atoms with van der Waals surface area (Å²) in [5.74, 6) is 0.570. The van der Waals surface area contributed by atoms with E-state index in [2.05, 4.69) is 10.6 Å². The number of carbonyl (C=O) groups is 2. The number of anilines is 1. The molecule has 0 unspecified atom stereocenters. The number of benzene rings is 2. The van der Waals surface area contributed by atoms with Crippen LogP contribution in [0.2, 0.25) is 0 Å². The molecule has 0 bridgehead atoms. The van der Waals surface area contributed by atoms with Gasteiger partial charge in [-0.2, -0.15) is 0 Å². The highest BCUT2D eigenvalue weighted by molar-refractivity contribution is 6.09. The first kappa shape index (κ1) is 17.8. The summed E-state index contributed by atoms with van der Waals surface area (Å²) in [7, 11) is 1.52. The maximum absolute atomic E-state index is 12.6. The molecule has 1 aliphatic carbocycles. The Hall–Kier alpha value is -3.02. The summed E-state index contributed by atoms with van der Waals surface area (Å²) in [4.78, 5) is 25.0. The minimum Gasteiger partial charge on any atom is -0.493 e. The number of amides is 2. The van der Waals surface area contributed by atoms with Gasteiger partial charge in [-0.1, -0.05) is 12.1 Å². The summed E-state index contributed by atoms with van der Waals surface area (Å²) < 4.78 is 10.7. The third-order valence-electron chi connectivity index (χ3n) is 4.06. The van der Waals surface area contributed by atoms with Crippen molar-refractivity contribution >= 4 is 17.5 Å². The predicted molar refractivity (Wildman–Crippen MR) is 99.0 cm³/mol. The van der Waals surface area contributed by atoms with Crippen molar-refractivity contribution in [2.45, 2.75) is 25.8 Å². The number of hydrogen-bond donors (Lipinski definition) is 2. The fourth-order valence-corrected chi connectivity index (χ4v) is 2.56. The third kappa shape index (κ3) is 4.14. The molecule has 2 aromatic rings. The number of rotatable bonds is 7. The maximum Gasteiger partial charge on any atom is 0.255 e. The highest BCUT2D eigenvalue weighted by Gasteiger charge is 2.25. The Morgan fingerprint density at radius 3 is 2.54 bits per heavy atom. The zero-order chi connectivity index (χ0) is 18.5. The van der Waals surface area contributed by atoms with Crippen LogP contribution in [0, 0.1) is 0 Å². The lowest BCUT2D eigenvalue weighted by Gasteiger charge is -2.13. The molecule has 3 rings (SSSR count). The summed E-state index contributed by atoms with van der Waals surface area (Å²) in [6.07, 6.45) is 2.01. The molecular weight excluding hydrogens is 332 g/mol. The van der Waals surface area contributed by atoms with Gasteiger partial charge in [0.1, 0.15) is 0 Å². The number of methoxy groups -OCH3 is 1. The summed E-state index contributed by atoms with van der Waals surface area (Å²) in [6, 6.07) is 12.2. The lowest BCUT2D eigenvalue weighted by atomic mass is 10.1. The second kappa shape index (κ2) is 7.91. The second-order valence-electron chi connectivity index (χ2n) is 6.05. The predicted octanol–water partition coefficient (Wildman–Crippen LogP) is 3.24. The number of ether oxygens (including phenoxy) is 2. The van der Waals surface area contributed by atoms with Gasteiger partial charge in [0.2, 0.25) is 0 Å². The molecule has 1 fully saturated rings. The van der Waals surface area contributed by atoms with Crippen molar-refractivity contribution in [3.63, 3.8) is 0 Å². The normalized spacial score (nSPS) is 13.0. The largest absolute Gasteiger partial charge is 0.493 e. The molecule has 6 nitrogen and oxygen atoms in total. The quantitative estimate of drug-likeness (QED) is 0.800. The van der Waals surface area contributed by atoms with Crippen LogP contribution in [-0.4, -0.2) is 31.6 Å². The minimum atomic E-state index is -0.321. The van der Waals surface area contributed by atoms with Gasteiger partial charge in [-0.25, -0.2) is 0 Å². The van der Waals surface area contributed by atoms with Crippen molar-refractivity contribution in [2.24, 2.45) is 0 Å². The molecule has 26 heavy (non-hydrogen) atoms. The van der Waals surface area contributed by atoms with Crippen LogP contribution in [0.4, 0.5) is 5.69 Å². The molecule has 0 aliphatic heterocycles. The fraction of sp³-hybridized carbons (Fsp3) is 0.300. The van der Waals surface area contributed by atoms with Gasteiger partial charge in [0.05, 0.1) is 25.0 Å². The van der Waals surface area contributed by atoms with Crippen molar-refractivity contribution < 1.29 is 19.1 Å². The Morgan fingerprint density at radius 2 is 1.85 bits per heavy atom. The Labute approximate surface area is 152 Å². The average Bonchev–Trinajstić information content (AvgIpc) is 3.46. The van der Waals surface area contributed by atoms with E-state index in [0.717, 1.165) is 12.8 Å². The number of para-hydroxylation sites is 1. The van der Waals surface area contributed by atoms with E-state index in [1.54, 1.807) is 42.5 Å². The molecule has 0 aromatic heterocycles. The molecule has 0 atom stereocenters. The standard InChI is InChI=1S/C20H22N2O4/c1-3-26-17-11-8-13(12-18(17)25-2)19(23)22-16-7-5-4-6-15(16)20(24)21-14-9-10-14/h4-8,11-12,14H,3,9-10H2,1-2H3,(H,21,24)(H,22,23). The van der Waals surface area contributed by atoms with Gasteiger partial charge in [-0.3, -0.25) is 9.59 Å². The summed E-state index contributed by atoms with van der Waals surface area (Å²) in [5, 5.41) is 5.74. The van der Waals surface area contributed by atoms with E-state index >= 15 is 0 Å². The number of carbonyl (C=O) groups excluding carboxylic acids is 2. The molecular formula is C20H22N2O4. The van der Waals surface area contributed by atoms with Gasteiger partial charge in [0.25, 0.3) is 11.8 Å². The second-order valence-corrected chi connectivity index (χ2v) is 6.05. The monoisotopic (exact) mass is 354 g/mol. The molecule has 0 saturated heterocycles. The van der Waals surface area contributed by atoms with E-state index in [9.17, 15) is 9.59 Å². The van der Waals surface area contributed by atoms with E-state index < -0.39 is 0 Å². The lowest BCUT2D eigenvalue weighted by Crippen LogP contribution is -2.27. The fourth-order valence-electron chi connectivity index (χ4n) is 2.56. The molecule has 136 valence electrons. The van der Waals surface area contributed by atoms with Crippen LogP contribution < -0.4 is 20.1 Å². The molecule has 2 N–H and O–H groups in total. The molecule has 6 heteroatoms. The van der Waals surface area contributed by atoms with E-state index in [-0.39, 0.29) is 17.9 Å². The van der Waals surface area contributed by atoms with Crippen LogP contribution in [0.25, 0.3) is 0 Å². The summed E-state index contributed by atoms with van der Waals surface area (Å²) in [6.45, 7) is 2.38. The maximum atomic E-state index is 12.6. The first-order chi connectivity index (χ1) is 12.6. The Bertz CT molecular complexity index is 815. The number of nitrogens with one attached hydrogen (secondary N) is 2. The van der Waals surface area contributed by atoms with Crippen molar-refractivity contribution in [3.05, 3.63) is 53.6 Å². The molecule has 1 aliphatic rings. The minimum absolute atomic E-state index is 0.173. The Balaban J connectivity index is 1.78. The molecule has 0 heterocycles. The van der Waals surface area contributed by atoms with E-state index in [1.807, 2.05) is 6.92 Å². The highest BCUT2D eigenvalue weighted by atomic mass is 16.5. The summed E-state index contributed by atoms with van der Waals surface area (Å²) in [5.41, 5.74) is 1.34. The topological polar surface area (TPSA) is 76.7 Å². The zero-order valence-corrected chi connectivity index (χ0v) is 14.9. The van der Waals surface area contributed by atoms with Gasteiger partial charge < -0.3 is 20.1 Å². The van der Waals surface area contributed by atoms with Crippen LogP contribution in [0.1, 0.15) is 40.5 Å². The molecule has 2 amide bonds. The van der Waals surface area contributed by atoms with Crippen molar-refractivity contribution in [3.8, 4) is 11.5 Å². The Morgan fingerprint density at radius 1 is 1.08 bits per heavy atom. The van der Waals surface area contributed by atoms with Crippen LogP contribution in [-0.2, 0) is 0 Å². The van der Waals surface area contributed by atoms with Crippen molar-refractivity contribution in [2.75, 3.05) is 19.0 Å². The number of hydrogen-bond acceptors (Lipinski definition) is 4. The van der Waals surface area contributed by atoms with Crippen LogP contribution in [0.5, 0.6) is 11.5 Å². The highest BCUT2D eigenvalue weighted by Crippen LogP contribution is 2.28. The third-order valence-corrected chi connectivity index (χ3v) is 4.06. The van der Waals surface area contributed by atoms with Gasteiger partial charge in [0, 0.05) is 11.6 Å². The van der Waals surface area contributed by atoms with E-state index in [4.69, 9.17) is 9.47 Å². The van der Waals surface area contributed by atoms with E-state index in [1.165, 1.54) is 7.11 Å². The van der Waals surface area contributed by atoms with Gasteiger partial charge >= 0.3 is 0 Å². The van der Waals surface area contributed by atoms with Crippen LogP contribution in [0.3, 0.4) is 0 Å². The van der Waals surface area contributed by atoms with E-state index in [0.29, 0.717) is 34.9 Å². The van der Waals surface area contributed by atoms with Crippen LogP contribution in [0.15, 0.2) is 42.5 Å². The SMILES string of the molecule is CCOc1ccc(C(=O)Nc2ccccc2C(=O)NC2CC2)cc1OC. The molecule has 0 spiro atoms. The first-order valence-electron chi connectivity index (χ1n) is 8.64. The van der Waals surface area contributed by atoms with Crippen LogP contribution >= 0.6 is 0 Å². The zero-order valence-electron chi connectivity index (χ0n) is 14.9. The summed E-state index contributed by atoms with van der Waals surface area (Å²) >= 11 is 0. The lowest BCUT2D eigenvalue weighted by molar-refractivity contribution is 0.0952. The van der Waals surface area contributed by atoms with Gasteiger partial charge in [-0.05, 0) is 50.1 Å². The Kier molecular flexibility index (Phi) is 5.41. The first-order valence-corrected chi connectivity index (χ1v) is 8.64. The van der Waals surface area contributed by atoms with Crippen molar-refractivity contribution in [1.29, 1.82) is 0 Å². The molecule has 1 saturated carbocycles. The smallest absolute Gasteiger partial charge is 0.255 e. The van der Waals surface area contributed by atoms with Gasteiger partial charge in [-0.15, -0.1) is 0 Å².